The first-order chi connectivity index (χ1) is 15.0. The van der Waals surface area contributed by atoms with Crippen molar-refractivity contribution in [2.24, 2.45) is 0 Å². The molecular formula is C22H20Cl3N5O. The second kappa shape index (κ2) is 8.43. The van der Waals surface area contributed by atoms with Gasteiger partial charge in [0.2, 0.25) is 0 Å². The number of benzene rings is 2. The Labute approximate surface area is 195 Å². The molecule has 5 rings (SSSR count). The van der Waals surface area contributed by atoms with E-state index in [9.17, 15) is 4.79 Å². The molecule has 0 spiro atoms. The quantitative estimate of drug-likeness (QED) is 0.565. The van der Waals surface area contributed by atoms with Crippen LogP contribution in [-0.2, 0) is 4.79 Å². The van der Waals surface area contributed by atoms with E-state index < -0.39 is 0 Å². The summed E-state index contributed by atoms with van der Waals surface area (Å²) in [5, 5.41) is 2.67. The van der Waals surface area contributed by atoms with E-state index in [-0.39, 0.29) is 11.8 Å². The molecule has 31 heavy (non-hydrogen) atoms. The summed E-state index contributed by atoms with van der Waals surface area (Å²) >= 11 is 18.7. The zero-order chi connectivity index (χ0) is 21.5. The highest BCUT2D eigenvalue weighted by Crippen LogP contribution is 2.33. The van der Waals surface area contributed by atoms with Crippen molar-refractivity contribution in [3.8, 4) is 0 Å². The van der Waals surface area contributed by atoms with Crippen LogP contribution in [-0.4, -0.2) is 66.0 Å². The minimum absolute atomic E-state index is 0.144. The maximum atomic E-state index is 12.9. The molecular weight excluding hydrogens is 457 g/mol. The third kappa shape index (κ3) is 3.94. The Kier molecular flexibility index (Phi) is 5.65. The van der Waals surface area contributed by atoms with E-state index in [1.165, 1.54) is 6.33 Å². The van der Waals surface area contributed by atoms with Gasteiger partial charge < -0.3 is 9.80 Å². The summed E-state index contributed by atoms with van der Waals surface area (Å²) in [6, 6.07) is 11.1. The van der Waals surface area contributed by atoms with Gasteiger partial charge in [-0.2, -0.15) is 0 Å². The molecule has 9 heteroatoms. The number of aromatic nitrogens is 2. The van der Waals surface area contributed by atoms with Crippen LogP contribution < -0.4 is 9.80 Å². The van der Waals surface area contributed by atoms with Gasteiger partial charge in [0, 0.05) is 43.1 Å². The van der Waals surface area contributed by atoms with Crippen molar-refractivity contribution in [2.45, 2.75) is 6.04 Å². The van der Waals surface area contributed by atoms with E-state index in [1.807, 2.05) is 35.2 Å². The molecule has 2 saturated heterocycles. The van der Waals surface area contributed by atoms with Crippen molar-refractivity contribution in [3.05, 3.63) is 57.8 Å². The Hall–Kier alpha value is -2.12. The number of fused-ring (bicyclic) bond motifs is 1. The molecule has 1 aromatic heterocycles. The molecule has 1 atom stereocenters. The van der Waals surface area contributed by atoms with Crippen LogP contribution in [0.25, 0.3) is 10.9 Å². The average molecular weight is 477 g/mol. The Bertz CT molecular complexity index is 1150. The normalized spacial score (nSPS) is 20.1. The number of carbonyl (C=O) groups is 1. The topological polar surface area (TPSA) is 52.6 Å². The summed E-state index contributed by atoms with van der Waals surface area (Å²) in [5.74, 6) is 0.997. The van der Waals surface area contributed by atoms with Gasteiger partial charge in [0.25, 0.3) is 0 Å². The lowest BCUT2D eigenvalue weighted by Crippen LogP contribution is -2.53. The van der Waals surface area contributed by atoms with E-state index in [1.54, 1.807) is 6.07 Å². The maximum Gasteiger partial charge on any atom is 0.171 e. The van der Waals surface area contributed by atoms with Gasteiger partial charge in [-0.05, 0) is 30.3 Å². The highest BCUT2D eigenvalue weighted by atomic mass is 35.5. The second-order valence-corrected chi connectivity index (χ2v) is 9.04. The van der Waals surface area contributed by atoms with Gasteiger partial charge in [0.15, 0.2) is 5.78 Å². The van der Waals surface area contributed by atoms with E-state index in [2.05, 4.69) is 19.8 Å². The Morgan fingerprint density at radius 2 is 1.74 bits per heavy atom. The highest BCUT2D eigenvalue weighted by Gasteiger charge is 2.37. The predicted molar refractivity (Wildman–Crippen MR) is 126 cm³/mol. The van der Waals surface area contributed by atoms with Crippen LogP contribution >= 0.6 is 34.8 Å². The largest absolute Gasteiger partial charge is 0.368 e. The van der Waals surface area contributed by atoms with Crippen LogP contribution in [0.1, 0.15) is 0 Å². The third-order valence-electron chi connectivity index (χ3n) is 6.02. The zero-order valence-electron chi connectivity index (χ0n) is 16.6. The van der Waals surface area contributed by atoms with Gasteiger partial charge in [-0.3, -0.25) is 9.69 Å². The van der Waals surface area contributed by atoms with Crippen molar-refractivity contribution in [1.29, 1.82) is 0 Å². The summed E-state index contributed by atoms with van der Waals surface area (Å²) in [4.78, 5) is 28.2. The average Bonchev–Trinajstić information content (AvgIpc) is 3.16. The number of rotatable bonds is 3. The molecule has 2 aliphatic heterocycles. The first-order valence-corrected chi connectivity index (χ1v) is 11.3. The van der Waals surface area contributed by atoms with E-state index in [0.29, 0.717) is 28.2 Å². The SMILES string of the molecule is O=C1CN(c2ncnc3cc(Cl)ccc23)C[C@@H]1N1CCN(c2cccc(Cl)c2Cl)CC1. The summed E-state index contributed by atoms with van der Waals surface area (Å²) in [6.07, 6.45) is 1.53. The molecule has 0 radical (unpaired) electrons. The van der Waals surface area contributed by atoms with Crippen molar-refractivity contribution in [1.82, 2.24) is 14.9 Å². The Morgan fingerprint density at radius 3 is 2.55 bits per heavy atom. The summed E-state index contributed by atoms with van der Waals surface area (Å²) in [6.45, 7) is 4.11. The summed E-state index contributed by atoms with van der Waals surface area (Å²) < 4.78 is 0. The number of hydrogen-bond acceptors (Lipinski definition) is 6. The van der Waals surface area contributed by atoms with Crippen LogP contribution in [0.3, 0.4) is 0 Å². The lowest BCUT2D eigenvalue weighted by atomic mass is 10.1. The van der Waals surface area contributed by atoms with Crippen molar-refractivity contribution < 1.29 is 4.79 Å². The number of hydrogen-bond donors (Lipinski definition) is 0. The van der Waals surface area contributed by atoms with Gasteiger partial charge in [-0.1, -0.05) is 40.9 Å². The molecule has 2 aromatic carbocycles. The van der Waals surface area contributed by atoms with E-state index in [4.69, 9.17) is 34.8 Å². The van der Waals surface area contributed by atoms with Gasteiger partial charge in [0.1, 0.15) is 12.1 Å². The molecule has 0 saturated carbocycles. The molecule has 6 nitrogen and oxygen atoms in total. The molecule has 0 N–H and O–H groups in total. The van der Waals surface area contributed by atoms with Crippen LogP contribution in [0, 0.1) is 0 Å². The fourth-order valence-electron chi connectivity index (χ4n) is 4.43. The highest BCUT2D eigenvalue weighted by molar-refractivity contribution is 6.43. The Balaban J connectivity index is 1.30. The maximum absolute atomic E-state index is 12.9. The predicted octanol–water partition coefficient (Wildman–Crippen LogP) is 4.17. The number of nitrogens with zero attached hydrogens (tertiary/aromatic N) is 5. The summed E-state index contributed by atoms with van der Waals surface area (Å²) in [5.41, 5.74) is 1.72. The minimum atomic E-state index is -0.144. The van der Waals surface area contributed by atoms with Crippen molar-refractivity contribution in [2.75, 3.05) is 49.1 Å². The van der Waals surface area contributed by atoms with Gasteiger partial charge >= 0.3 is 0 Å². The number of halogens is 3. The van der Waals surface area contributed by atoms with Gasteiger partial charge in [-0.25, -0.2) is 9.97 Å². The van der Waals surface area contributed by atoms with Crippen molar-refractivity contribution >= 4 is 63.0 Å². The third-order valence-corrected chi connectivity index (χ3v) is 7.06. The van der Waals surface area contributed by atoms with Crippen LogP contribution in [0.15, 0.2) is 42.7 Å². The number of anilines is 2. The van der Waals surface area contributed by atoms with Gasteiger partial charge in [0.05, 0.1) is 33.8 Å². The monoisotopic (exact) mass is 475 g/mol. The second-order valence-electron chi connectivity index (χ2n) is 7.82. The molecule has 0 amide bonds. The summed E-state index contributed by atoms with van der Waals surface area (Å²) in [7, 11) is 0. The fraction of sp³-hybridized carbons (Fsp3) is 0.318. The molecule has 3 aromatic rings. The molecule has 0 aliphatic carbocycles. The first-order valence-electron chi connectivity index (χ1n) is 10.1. The van der Waals surface area contributed by atoms with E-state index in [0.717, 1.165) is 48.6 Å². The van der Waals surface area contributed by atoms with Crippen LogP contribution in [0.5, 0.6) is 0 Å². The van der Waals surface area contributed by atoms with E-state index >= 15 is 0 Å². The number of Topliss-reactive ketones (excluding diaryl/α,β-unsaturated/α-hetero) is 1. The minimum Gasteiger partial charge on any atom is -0.368 e. The van der Waals surface area contributed by atoms with Gasteiger partial charge in [-0.15, -0.1) is 0 Å². The lowest BCUT2D eigenvalue weighted by molar-refractivity contribution is -0.120. The molecule has 3 heterocycles. The molecule has 160 valence electrons. The molecule has 0 bridgehead atoms. The molecule has 2 fully saturated rings. The number of piperazine rings is 1. The lowest BCUT2D eigenvalue weighted by Gasteiger charge is -2.38. The fourth-order valence-corrected chi connectivity index (χ4v) is 5.01. The van der Waals surface area contributed by atoms with Crippen LogP contribution in [0.4, 0.5) is 11.5 Å². The smallest absolute Gasteiger partial charge is 0.171 e. The standard InChI is InChI=1S/C22H20Cl3N5O/c23-14-4-5-15-17(10-14)26-13-27-22(15)30-11-19(20(31)12-30)29-8-6-28(7-9-29)18-3-1-2-16(24)21(18)25/h1-5,10,13,19H,6-9,11-12H2/t19-/m0/s1. The first kappa shape index (κ1) is 20.8. The Morgan fingerprint density at radius 1 is 0.935 bits per heavy atom. The zero-order valence-corrected chi connectivity index (χ0v) is 18.9. The number of carbonyl (C=O) groups excluding carboxylic acids is 1. The number of ketones is 1. The molecule has 0 unspecified atom stereocenters. The van der Waals surface area contributed by atoms with Crippen LogP contribution in [0.2, 0.25) is 15.1 Å². The van der Waals surface area contributed by atoms with Crippen molar-refractivity contribution in [3.63, 3.8) is 0 Å². The molecule has 2 aliphatic rings.